The third-order valence-corrected chi connectivity index (χ3v) is 4.65. The van der Waals surface area contributed by atoms with Crippen molar-refractivity contribution < 1.29 is 31.1 Å². The fraction of sp³-hybridized carbons (Fsp3) is 0.188. The zero-order valence-electron chi connectivity index (χ0n) is 13.5. The summed E-state index contributed by atoms with van der Waals surface area (Å²) in [6, 6.07) is 10.2. The van der Waals surface area contributed by atoms with Gasteiger partial charge in [-0.05, 0) is 30.3 Å². The number of alkyl halides is 3. The lowest BCUT2D eigenvalue weighted by molar-refractivity contribution is -0.274. The second-order valence-electron chi connectivity index (χ2n) is 5.03. The van der Waals surface area contributed by atoms with Crippen LogP contribution in [-0.2, 0) is 10.0 Å². The second-order valence-corrected chi connectivity index (χ2v) is 6.79. The van der Waals surface area contributed by atoms with Crippen LogP contribution in [0, 0.1) is 0 Å². The first-order valence-corrected chi connectivity index (χ1v) is 8.86. The highest BCUT2D eigenvalue weighted by Gasteiger charge is 2.32. The third kappa shape index (κ3) is 5.20. The van der Waals surface area contributed by atoms with Crippen LogP contribution in [0.3, 0.4) is 0 Å². The van der Waals surface area contributed by atoms with E-state index in [0.29, 0.717) is 0 Å². The number of para-hydroxylation sites is 2. The molecule has 2 N–H and O–H groups in total. The van der Waals surface area contributed by atoms with Crippen molar-refractivity contribution in [2.24, 2.45) is 0 Å². The Balaban J connectivity index is 2.27. The van der Waals surface area contributed by atoms with Crippen LogP contribution in [0.4, 0.5) is 18.9 Å². The number of nitrogens with one attached hydrogen (secondary N) is 2. The lowest BCUT2D eigenvalue weighted by Crippen LogP contribution is -2.23. The van der Waals surface area contributed by atoms with Gasteiger partial charge in [-0.15, -0.1) is 13.2 Å². The summed E-state index contributed by atoms with van der Waals surface area (Å²) in [7, 11) is -3.77. The van der Waals surface area contributed by atoms with Gasteiger partial charge in [0.05, 0.1) is 10.6 Å². The summed E-state index contributed by atoms with van der Waals surface area (Å²) in [5.41, 5.74) is -0.236. The van der Waals surface area contributed by atoms with Crippen molar-refractivity contribution in [2.75, 3.05) is 11.9 Å². The van der Waals surface area contributed by atoms with Gasteiger partial charge in [0.1, 0.15) is 0 Å². The predicted molar refractivity (Wildman–Crippen MR) is 88.4 cm³/mol. The maximum atomic E-state index is 12.4. The normalized spacial score (nSPS) is 11.8. The number of hydrogen-bond donors (Lipinski definition) is 2. The van der Waals surface area contributed by atoms with Gasteiger partial charge in [-0.25, -0.2) is 13.1 Å². The number of amides is 1. The molecule has 2 aromatic rings. The van der Waals surface area contributed by atoms with E-state index in [-0.39, 0.29) is 22.7 Å². The summed E-state index contributed by atoms with van der Waals surface area (Å²) in [4.78, 5) is 12.2. The lowest BCUT2D eigenvalue weighted by atomic mass is 10.2. The van der Waals surface area contributed by atoms with Gasteiger partial charge in [0.2, 0.25) is 10.0 Å². The zero-order valence-corrected chi connectivity index (χ0v) is 14.3. The number of anilines is 1. The number of ether oxygens (including phenoxy) is 1. The smallest absolute Gasteiger partial charge is 0.404 e. The Bertz CT molecular complexity index is 898. The Morgan fingerprint density at radius 2 is 1.81 bits per heavy atom. The molecule has 0 saturated heterocycles. The van der Waals surface area contributed by atoms with Crippen LogP contribution in [0.5, 0.6) is 5.75 Å². The Labute approximate surface area is 148 Å². The minimum Gasteiger partial charge on any atom is -0.404 e. The molecule has 0 aromatic heterocycles. The van der Waals surface area contributed by atoms with Crippen molar-refractivity contribution >= 4 is 21.6 Å². The average molecular weight is 388 g/mol. The van der Waals surface area contributed by atoms with E-state index in [1.807, 2.05) is 0 Å². The van der Waals surface area contributed by atoms with Crippen LogP contribution >= 0.6 is 0 Å². The predicted octanol–water partition coefficient (Wildman–Crippen LogP) is 3.14. The largest absolute Gasteiger partial charge is 0.573 e. The maximum absolute atomic E-state index is 12.4. The molecule has 0 unspecified atom stereocenters. The number of halogens is 3. The molecule has 0 bridgehead atoms. The summed E-state index contributed by atoms with van der Waals surface area (Å²) in [5, 5.41) is 2.28. The zero-order chi connectivity index (χ0) is 19.4. The Hall–Kier alpha value is -2.59. The SMILES string of the molecule is CCNS(=O)(=O)c1cccc(C(=O)Nc2ccccc2OC(F)(F)F)c1. The number of sulfonamides is 1. The molecular weight excluding hydrogens is 373 g/mol. The maximum Gasteiger partial charge on any atom is 0.573 e. The van der Waals surface area contributed by atoms with E-state index in [9.17, 15) is 26.4 Å². The van der Waals surface area contributed by atoms with Gasteiger partial charge in [-0.2, -0.15) is 0 Å². The number of rotatable bonds is 6. The molecular formula is C16H15F3N2O4S. The van der Waals surface area contributed by atoms with Gasteiger partial charge in [-0.1, -0.05) is 25.1 Å². The molecule has 0 aliphatic rings. The Morgan fingerprint density at radius 3 is 2.46 bits per heavy atom. The van der Waals surface area contributed by atoms with E-state index in [1.54, 1.807) is 6.92 Å². The molecule has 0 aliphatic heterocycles. The van der Waals surface area contributed by atoms with Crippen LogP contribution < -0.4 is 14.8 Å². The monoisotopic (exact) mass is 388 g/mol. The van der Waals surface area contributed by atoms with Gasteiger partial charge in [-0.3, -0.25) is 4.79 Å². The number of carbonyl (C=O) groups excluding carboxylic acids is 1. The van der Waals surface area contributed by atoms with Gasteiger partial charge in [0, 0.05) is 12.1 Å². The van der Waals surface area contributed by atoms with E-state index < -0.39 is 28.0 Å². The fourth-order valence-corrected chi connectivity index (χ4v) is 3.14. The van der Waals surface area contributed by atoms with Crippen LogP contribution in [0.1, 0.15) is 17.3 Å². The first-order valence-electron chi connectivity index (χ1n) is 7.38. The van der Waals surface area contributed by atoms with Crippen molar-refractivity contribution in [3.05, 3.63) is 54.1 Å². The highest BCUT2D eigenvalue weighted by molar-refractivity contribution is 7.89. The fourth-order valence-electron chi connectivity index (χ4n) is 2.06. The van der Waals surface area contributed by atoms with Crippen molar-refractivity contribution in [1.82, 2.24) is 4.72 Å². The van der Waals surface area contributed by atoms with E-state index in [0.717, 1.165) is 12.1 Å². The van der Waals surface area contributed by atoms with Crippen molar-refractivity contribution in [3.63, 3.8) is 0 Å². The molecule has 10 heteroatoms. The van der Waals surface area contributed by atoms with Crippen LogP contribution in [0.15, 0.2) is 53.4 Å². The van der Waals surface area contributed by atoms with Gasteiger partial charge in [0.25, 0.3) is 5.91 Å². The summed E-state index contributed by atoms with van der Waals surface area (Å²) in [6.45, 7) is 1.77. The first-order chi connectivity index (χ1) is 12.1. The Kier molecular flexibility index (Phi) is 5.88. The highest BCUT2D eigenvalue weighted by Crippen LogP contribution is 2.30. The molecule has 0 heterocycles. The molecule has 0 atom stereocenters. The summed E-state index contributed by atoms with van der Waals surface area (Å²) in [5.74, 6) is -1.36. The standard InChI is InChI=1S/C16H15F3N2O4S/c1-2-20-26(23,24)12-7-5-6-11(10-12)15(22)21-13-8-3-4-9-14(13)25-16(17,18)19/h3-10,20H,2H2,1H3,(H,21,22). The topological polar surface area (TPSA) is 84.5 Å². The molecule has 2 aromatic carbocycles. The average Bonchev–Trinajstić information content (AvgIpc) is 2.55. The molecule has 0 saturated carbocycles. The molecule has 0 spiro atoms. The first kappa shape index (κ1) is 19.7. The second kappa shape index (κ2) is 7.75. The van der Waals surface area contributed by atoms with Crippen LogP contribution in [0.2, 0.25) is 0 Å². The number of benzene rings is 2. The van der Waals surface area contributed by atoms with Gasteiger partial charge >= 0.3 is 6.36 Å². The Morgan fingerprint density at radius 1 is 1.12 bits per heavy atom. The van der Waals surface area contributed by atoms with E-state index in [4.69, 9.17) is 0 Å². The molecule has 140 valence electrons. The lowest BCUT2D eigenvalue weighted by Gasteiger charge is -2.14. The third-order valence-electron chi connectivity index (χ3n) is 3.10. The van der Waals surface area contributed by atoms with Gasteiger partial charge < -0.3 is 10.1 Å². The highest BCUT2D eigenvalue weighted by atomic mass is 32.2. The molecule has 26 heavy (non-hydrogen) atoms. The molecule has 0 radical (unpaired) electrons. The van der Waals surface area contributed by atoms with Crippen LogP contribution in [0.25, 0.3) is 0 Å². The van der Waals surface area contributed by atoms with Crippen molar-refractivity contribution in [1.29, 1.82) is 0 Å². The summed E-state index contributed by atoms with van der Waals surface area (Å²) < 4.78 is 67.4. The minimum absolute atomic E-state index is 0.0363. The van der Waals surface area contributed by atoms with Crippen LogP contribution in [-0.4, -0.2) is 27.2 Å². The summed E-state index contributed by atoms with van der Waals surface area (Å²) >= 11 is 0. The minimum atomic E-state index is -4.92. The number of carbonyl (C=O) groups is 1. The summed E-state index contributed by atoms with van der Waals surface area (Å²) in [6.07, 6.45) is -4.92. The van der Waals surface area contributed by atoms with Gasteiger partial charge in [0.15, 0.2) is 5.75 Å². The molecule has 0 fully saturated rings. The molecule has 2 rings (SSSR count). The molecule has 6 nitrogen and oxygen atoms in total. The van der Waals surface area contributed by atoms with E-state index >= 15 is 0 Å². The van der Waals surface area contributed by atoms with E-state index in [1.165, 1.54) is 36.4 Å². The quantitative estimate of drug-likeness (QED) is 0.796. The van der Waals surface area contributed by atoms with Crippen molar-refractivity contribution in [2.45, 2.75) is 18.2 Å². The number of hydrogen-bond acceptors (Lipinski definition) is 4. The van der Waals surface area contributed by atoms with Crippen molar-refractivity contribution in [3.8, 4) is 5.75 Å². The van der Waals surface area contributed by atoms with E-state index in [2.05, 4.69) is 14.8 Å². The molecule has 0 aliphatic carbocycles. The molecule has 1 amide bonds.